The number of fused-ring (bicyclic) bond motifs is 1. The molecule has 0 bridgehead atoms. The third-order valence-electron chi connectivity index (χ3n) is 1.93. The number of hydrogen-bond acceptors (Lipinski definition) is 3. The van der Waals surface area contributed by atoms with Crippen molar-refractivity contribution in [3.8, 4) is 11.3 Å². The Morgan fingerprint density at radius 3 is 2.77 bits per heavy atom. The van der Waals surface area contributed by atoms with Gasteiger partial charge in [-0.15, -0.1) is 0 Å². The molecule has 1 heterocycles. The smallest absolute Gasteiger partial charge is 0.188 e. The fourth-order valence-electron chi connectivity index (χ4n) is 1.32. The molecule has 13 heavy (non-hydrogen) atoms. The first-order valence-electron chi connectivity index (χ1n) is 3.79. The zero-order valence-corrected chi connectivity index (χ0v) is 6.77. The second kappa shape index (κ2) is 2.52. The summed E-state index contributed by atoms with van der Waals surface area (Å²) in [5, 5.41) is 9.37. The van der Waals surface area contributed by atoms with Gasteiger partial charge in [0.25, 0.3) is 0 Å². The lowest BCUT2D eigenvalue weighted by Crippen LogP contribution is -2.11. The highest BCUT2D eigenvalue weighted by Gasteiger charge is 2.11. The topological polar surface area (TPSA) is 68.2 Å². The summed E-state index contributed by atoms with van der Waals surface area (Å²) in [5.74, 6) is 0. The van der Waals surface area contributed by atoms with Gasteiger partial charge >= 0.3 is 0 Å². The largest absolute Gasteiger partial charge is 0.428 e. The van der Waals surface area contributed by atoms with Gasteiger partial charge in [-0.3, -0.25) is 4.79 Å². The number of rotatable bonds is 0. The van der Waals surface area contributed by atoms with E-state index in [1.54, 1.807) is 12.1 Å². The molecule has 1 aliphatic carbocycles. The van der Waals surface area contributed by atoms with Crippen molar-refractivity contribution in [2.45, 2.75) is 0 Å². The molecule has 0 unspecified atom stereocenters. The highest BCUT2D eigenvalue weighted by molar-refractivity contribution is 5.73. The molecule has 4 nitrogen and oxygen atoms in total. The zero-order chi connectivity index (χ0) is 9.42. The maximum absolute atomic E-state index is 11.3. The van der Waals surface area contributed by atoms with E-state index in [1.807, 2.05) is 0 Å². The van der Waals surface area contributed by atoms with Crippen LogP contribution in [0.25, 0.3) is 11.3 Å². The van der Waals surface area contributed by atoms with E-state index in [0.717, 1.165) is 4.73 Å². The van der Waals surface area contributed by atoms with E-state index < -0.39 is 0 Å². The van der Waals surface area contributed by atoms with Crippen molar-refractivity contribution in [1.82, 2.24) is 4.73 Å². The minimum atomic E-state index is -0.146. The summed E-state index contributed by atoms with van der Waals surface area (Å²) in [6.07, 6.45) is 1.43. The average molecular weight is 176 g/mol. The molecule has 3 N–H and O–H groups in total. The molecule has 2 rings (SSSR count). The van der Waals surface area contributed by atoms with Crippen LogP contribution in [0.2, 0.25) is 0 Å². The van der Waals surface area contributed by atoms with Gasteiger partial charge < -0.3 is 10.9 Å². The summed E-state index contributed by atoms with van der Waals surface area (Å²) in [6, 6.07) is 6.08. The summed E-state index contributed by atoms with van der Waals surface area (Å²) < 4.78 is 0.853. The molecule has 0 aromatic rings. The number of nitrogens with two attached hydrogens (primary N) is 1. The Hall–Kier alpha value is -1.97. The van der Waals surface area contributed by atoms with Crippen molar-refractivity contribution >= 4 is 5.69 Å². The van der Waals surface area contributed by atoms with Crippen LogP contribution in [-0.4, -0.2) is 9.94 Å². The summed E-state index contributed by atoms with van der Waals surface area (Å²) in [7, 11) is 0. The van der Waals surface area contributed by atoms with Gasteiger partial charge in [0.05, 0.1) is 11.3 Å². The van der Waals surface area contributed by atoms with E-state index in [-0.39, 0.29) is 5.43 Å². The Bertz CT molecular complexity index is 476. The molecule has 0 aromatic carbocycles. The molecule has 0 atom stereocenters. The lowest BCUT2D eigenvalue weighted by Gasteiger charge is -2.10. The molecule has 0 amide bonds. The van der Waals surface area contributed by atoms with E-state index >= 15 is 0 Å². The molecule has 0 fully saturated rings. The summed E-state index contributed by atoms with van der Waals surface area (Å²) in [5.41, 5.74) is 6.63. The van der Waals surface area contributed by atoms with Crippen LogP contribution in [0, 0.1) is 0 Å². The van der Waals surface area contributed by atoms with Gasteiger partial charge in [0.1, 0.15) is 5.69 Å². The number of aromatic nitrogens is 1. The molecule has 0 aromatic heterocycles. The zero-order valence-electron chi connectivity index (χ0n) is 6.77. The standard InChI is InChI=1S/C9H8N2O2/c10-7-3-4-8(12)6-2-1-5-11(13)9(6)7/h1-5,13H,10H2. The third-order valence-corrected chi connectivity index (χ3v) is 1.93. The van der Waals surface area contributed by atoms with Crippen molar-refractivity contribution in [3.05, 3.63) is 40.7 Å². The van der Waals surface area contributed by atoms with Gasteiger partial charge in [-0.1, -0.05) is 0 Å². The van der Waals surface area contributed by atoms with Crippen molar-refractivity contribution in [3.63, 3.8) is 0 Å². The summed E-state index contributed by atoms with van der Waals surface area (Å²) in [6.45, 7) is 0. The Balaban J connectivity index is 2.96. The molecule has 0 radical (unpaired) electrons. The van der Waals surface area contributed by atoms with Crippen molar-refractivity contribution in [1.29, 1.82) is 0 Å². The number of anilines is 1. The van der Waals surface area contributed by atoms with Gasteiger partial charge in [0.2, 0.25) is 0 Å². The lowest BCUT2D eigenvalue weighted by molar-refractivity contribution is 0.189. The van der Waals surface area contributed by atoms with Crippen molar-refractivity contribution in [2.75, 3.05) is 5.73 Å². The first kappa shape index (κ1) is 7.67. The van der Waals surface area contributed by atoms with Gasteiger partial charge in [0.15, 0.2) is 5.43 Å². The van der Waals surface area contributed by atoms with E-state index in [2.05, 4.69) is 0 Å². The molecule has 2 aliphatic rings. The fraction of sp³-hybridized carbons (Fsp3) is 0. The van der Waals surface area contributed by atoms with E-state index in [9.17, 15) is 10.0 Å². The van der Waals surface area contributed by atoms with Crippen LogP contribution in [0.3, 0.4) is 0 Å². The molecule has 66 valence electrons. The Morgan fingerprint density at radius 1 is 1.31 bits per heavy atom. The van der Waals surface area contributed by atoms with Gasteiger partial charge in [-0.2, -0.15) is 4.73 Å². The minimum Gasteiger partial charge on any atom is -0.428 e. The SMILES string of the molecule is Nc1ccc(=O)c2cccn(O)c1-2. The maximum Gasteiger partial charge on any atom is 0.188 e. The average Bonchev–Trinajstić information content (AvgIpc) is 2.12. The maximum atomic E-state index is 11.3. The number of hydrogen-bond donors (Lipinski definition) is 2. The normalized spacial score (nSPS) is 10.5. The Morgan fingerprint density at radius 2 is 2.08 bits per heavy atom. The predicted molar refractivity (Wildman–Crippen MR) is 48.9 cm³/mol. The number of pyridine rings is 1. The monoisotopic (exact) mass is 176 g/mol. The molecule has 0 spiro atoms. The quantitative estimate of drug-likeness (QED) is 0.460. The van der Waals surface area contributed by atoms with E-state index in [4.69, 9.17) is 5.73 Å². The van der Waals surface area contributed by atoms with Gasteiger partial charge in [0, 0.05) is 6.20 Å². The summed E-state index contributed by atoms with van der Waals surface area (Å²) >= 11 is 0. The van der Waals surface area contributed by atoms with Crippen molar-refractivity contribution in [2.24, 2.45) is 0 Å². The van der Waals surface area contributed by atoms with E-state index in [0.29, 0.717) is 16.9 Å². The van der Waals surface area contributed by atoms with Gasteiger partial charge in [-0.25, -0.2) is 0 Å². The highest BCUT2D eigenvalue weighted by Crippen LogP contribution is 2.22. The molecule has 0 saturated carbocycles. The molecular formula is C9H8N2O2. The van der Waals surface area contributed by atoms with Crippen LogP contribution in [0.4, 0.5) is 5.69 Å². The van der Waals surface area contributed by atoms with Crippen LogP contribution in [-0.2, 0) is 0 Å². The Labute approximate surface area is 74.1 Å². The second-order valence-corrected chi connectivity index (χ2v) is 2.77. The first-order valence-corrected chi connectivity index (χ1v) is 3.79. The van der Waals surface area contributed by atoms with Gasteiger partial charge in [-0.05, 0) is 24.3 Å². The number of nitrogen functional groups attached to an aromatic ring is 1. The van der Waals surface area contributed by atoms with E-state index in [1.165, 1.54) is 18.3 Å². The number of benzene rings is 1. The van der Waals surface area contributed by atoms with Crippen molar-refractivity contribution < 1.29 is 5.21 Å². The summed E-state index contributed by atoms with van der Waals surface area (Å²) in [4.78, 5) is 11.3. The van der Waals surface area contributed by atoms with Crippen LogP contribution < -0.4 is 11.2 Å². The van der Waals surface area contributed by atoms with Crippen LogP contribution in [0.5, 0.6) is 0 Å². The molecule has 1 aliphatic heterocycles. The number of nitrogens with zero attached hydrogens (tertiary/aromatic N) is 1. The fourth-order valence-corrected chi connectivity index (χ4v) is 1.32. The first-order chi connectivity index (χ1) is 6.20. The minimum absolute atomic E-state index is 0.146. The van der Waals surface area contributed by atoms with Crippen LogP contribution >= 0.6 is 0 Å². The lowest BCUT2D eigenvalue weighted by atomic mass is 10.1. The Kier molecular flexibility index (Phi) is 1.48. The van der Waals surface area contributed by atoms with Crippen LogP contribution in [0.1, 0.15) is 0 Å². The second-order valence-electron chi connectivity index (χ2n) is 2.77. The predicted octanol–water partition coefficient (Wildman–Crippen LogP) is 0.773. The molecule has 4 heteroatoms. The molecular weight excluding hydrogens is 168 g/mol. The van der Waals surface area contributed by atoms with Crippen LogP contribution in [0.15, 0.2) is 35.3 Å². The third kappa shape index (κ3) is 1.03. The molecule has 0 saturated heterocycles. The highest BCUT2D eigenvalue weighted by atomic mass is 16.5.